The Morgan fingerprint density at radius 2 is 2.05 bits per heavy atom. The second-order valence-electron chi connectivity index (χ2n) is 4.73. The van der Waals surface area contributed by atoms with E-state index in [1.165, 1.54) is 0 Å². The Labute approximate surface area is 136 Å². The number of rotatable bonds is 4. The van der Waals surface area contributed by atoms with Gasteiger partial charge in [-0.15, -0.1) is 0 Å². The fourth-order valence-electron chi connectivity index (χ4n) is 2.36. The lowest BCUT2D eigenvalue weighted by Gasteiger charge is -2.09. The number of hydrogen-bond donors (Lipinski definition) is 1. The van der Waals surface area contributed by atoms with E-state index in [4.69, 9.17) is 9.72 Å². The average Bonchev–Trinajstić information content (AvgIpc) is 2.86. The predicted octanol–water partition coefficient (Wildman–Crippen LogP) is 3.66. The summed E-state index contributed by atoms with van der Waals surface area (Å²) in [6, 6.07) is 13.7. The molecule has 0 atom stereocenters. The second kappa shape index (κ2) is 6.03. The van der Waals surface area contributed by atoms with Crippen molar-refractivity contribution in [1.82, 2.24) is 9.55 Å². The Morgan fingerprint density at radius 3 is 2.81 bits per heavy atom. The van der Waals surface area contributed by atoms with Gasteiger partial charge in [0.1, 0.15) is 11.6 Å². The standard InChI is InChI=1S/C16H15IN2O2/c1-21-9-8-19-14-5-3-2-4-13(14)18-16(19)11-6-7-12(17)15(20)10-11/h2-7,10,20H,8-9H2,1H3. The number of benzene rings is 2. The molecular formula is C16H15IN2O2. The monoisotopic (exact) mass is 394 g/mol. The molecule has 0 unspecified atom stereocenters. The number of imidazole rings is 1. The molecule has 2 aromatic carbocycles. The number of halogens is 1. The zero-order chi connectivity index (χ0) is 14.8. The summed E-state index contributed by atoms with van der Waals surface area (Å²) in [4.78, 5) is 4.70. The number of methoxy groups -OCH3 is 1. The maximum absolute atomic E-state index is 9.93. The summed E-state index contributed by atoms with van der Waals surface area (Å²) in [6.45, 7) is 1.34. The summed E-state index contributed by atoms with van der Waals surface area (Å²) in [6.07, 6.45) is 0. The van der Waals surface area contributed by atoms with Crippen molar-refractivity contribution < 1.29 is 9.84 Å². The van der Waals surface area contributed by atoms with Crippen molar-refractivity contribution in [3.8, 4) is 17.1 Å². The summed E-state index contributed by atoms with van der Waals surface area (Å²) >= 11 is 2.11. The zero-order valence-electron chi connectivity index (χ0n) is 11.6. The number of nitrogens with zero attached hydrogens (tertiary/aromatic N) is 2. The largest absolute Gasteiger partial charge is 0.507 e. The normalized spacial score (nSPS) is 11.1. The van der Waals surface area contributed by atoms with Gasteiger partial charge in [0.15, 0.2) is 0 Å². The summed E-state index contributed by atoms with van der Waals surface area (Å²) in [5.74, 6) is 1.12. The van der Waals surface area contributed by atoms with Crippen molar-refractivity contribution in [3.63, 3.8) is 0 Å². The summed E-state index contributed by atoms with van der Waals surface area (Å²) in [5, 5.41) is 9.93. The van der Waals surface area contributed by atoms with Gasteiger partial charge in [0, 0.05) is 19.2 Å². The molecule has 108 valence electrons. The molecule has 1 N–H and O–H groups in total. The Bertz CT molecular complexity index is 783. The van der Waals surface area contributed by atoms with Crippen molar-refractivity contribution in [2.45, 2.75) is 6.54 Å². The van der Waals surface area contributed by atoms with E-state index in [2.05, 4.69) is 27.2 Å². The Morgan fingerprint density at radius 1 is 1.24 bits per heavy atom. The minimum Gasteiger partial charge on any atom is -0.507 e. The topological polar surface area (TPSA) is 47.3 Å². The number of hydrogen-bond acceptors (Lipinski definition) is 3. The number of aromatic hydroxyl groups is 1. The molecular weight excluding hydrogens is 379 g/mol. The van der Waals surface area contributed by atoms with E-state index in [0.717, 1.165) is 32.5 Å². The van der Waals surface area contributed by atoms with E-state index in [1.54, 1.807) is 13.2 Å². The Kier molecular flexibility index (Phi) is 4.12. The molecule has 0 amide bonds. The third-order valence-electron chi connectivity index (χ3n) is 3.38. The molecule has 1 aromatic heterocycles. The zero-order valence-corrected chi connectivity index (χ0v) is 13.7. The number of para-hydroxylation sites is 2. The summed E-state index contributed by atoms with van der Waals surface area (Å²) in [5.41, 5.74) is 2.92. The number of phenols is 1. The van der Waals surface area contributed by atoms with Crippen LogP contribution in [0.1, 0.15) is 0 Å². The van der Waals surface area contributed by atoms with Crippen LogP contribution in [0.2, 0.25) is 0 Å². The van der Waals surface area contributed by atoms with Crippen LogP contribution >= 0.6 is 22.6 Å². The SMILES string of the molecule is COCCn1c(-c2ccc(I)c(O)c2)nc2ccccc21. The van der Waals surface area contributed by atoms with Crippen LogP contribution in [0.25, 0.3) is 22.4 Å². The highest BCUT2D eigenvalue weighted by Gasteiger charge is 2.13. The quantitative estimate of drug-likeness (QED) is 0.688. The first-order valence-corrected chi connectivity index (χ1v) is 7.71. The van der Waals surface area contributed by atoms with E-state index >= 15 is 0 Å². The molecule has 0 spiro atoms. The highest BCUT2D eigenvalue weighted by molar-refractivity contribution is 14.1. The lowest BCUT2D eigenvalue weighted by molar-refractivity contribution is 0.188. The van der Waals surface area contributed by atoms with E-state index in [1.807, 2.05) is 36.4 Å². The molecule has 0 fully saturated rings. The summed E-state index contributed by atoms with van der Waals surface area (Å²) < 4.78 is 8.15. The molecule has 0 aliphatic carbocycles. The van der Waals surface area contributed by atoms with E-state index in [0.29, 0.717) is 6.61 Å². The van der Waals surface area contributed by atoms with Crippen LogP contribution in [0.4, 0.5) is 0 Å². The number of aromatic nitrogens is 2. The van der Waals surface area contributed by atoms with Crippen molar-refractivity contribution in [3.05, 3.63) is 46.0 Å². The molecule has 21 heavy (non-hydrogen) atoms. The molecule has 3 aromatic rings. The molecule has 0 aliphatic rings. The molecule has 0 bridgehead atoms. The Balaban J connectivity index is 2.17. The van der Waals surface area contributed by atoms with Crippen LogP contribution in [0.5, 0.6) is 5.75 Å². The highest BCUT2D eigenvalue weighted by atomic mass is 127. The van der Waals surface area contributed by atoms with Crippen molar-refractivity contribution >= 4 is 33.6 Å². The molecule has 0 saturated carbocycles. The van der Waals surface area contributed by atoms with Crippen LogP contribution in [-0.2, 0) is 11.3 Å². The maximum atomic E-state index is 9.93. The fraction of sp³-hybridized carbons (Fsp3) is 0.188. The fourth-order valence-corrected chi connectivity index (χ4v) is 2.69. The van der Waals surface area contributed by atoms with E-state index in [-0.39, 0.29) is 5.75 Å². The van der Waals surface area contributed by atoms with Crippen LogP contribution in [-0.4, -0.2) is 28.4 Å². The molecule has 0 aliphatic heterocycles. The molecule has 3 rings (SSSR count). The second-order valence-corrected chi connectivity index (χ2v) is 5.90. The molecule has 0 saturated heterocycles. The third kappa shape index (κ3) is 2.75. The van der Waals surface area contributed by atoms with Crippen LogP contribution in [0, 0.1) is 3.57 Å². The lowest BCUT2D eigenvalue weighted by atomic mass is 10.2. The molecule has 1 heterocycles. The predicted molar refractivity (Wildman–Crippen MR) is 91.4 cm³/mol. The first-order valence-electron chi connectivity index (χ1n) is 6.64. The molecule has 0 radical (unpaired) electrons. The first kappa shape index (κ1) is 14.3. The van der Waals surface area contributed by atoms with Crippen LogP contribution in [0.15, 0.2) is 42.5 Å². The average molecular weight is 394 g/mol. The van der Waals surface area contributed by atoms with Crippen molar-refractivity contribution in [2.75, 3.05) is 13.7 Å². The van der Waals surface area contributed by atoms with Gasteiger partial charge in [-0.05, 0) is 52.9 Å². The van der Waals surface area contributed by atoms with E-state index < -0.39 is 0 Å². The van der Waals surface area contributed by atoms with Gasteiger partial charge in [0.05, 0.1) is 21.2 Å². The minimum atomic E-state index is 0.276. The van der Waals surface area contributed by atoms with Crippen molar-refractivity contribution in [2.24, 2.45) is 0 Å². The van der Waals surface area contributed by atoms with Crippen molar-refractivity contribution in [1.29, 1.82) is 0 Å². The van der Waals surface area contributed by atoms with Gasteiger partial charge in [-0.1, -0.05) is 12.1 Å². The highest BCUT2D eigenvalue weighted by Crippen LogP contribution is 2.29. The van der Waals surface area contributed by atoms with Crippen LogP contribution < -0.4 is 0 Å². The number of fused-ring (bicyclic) bond motifs is 1. The van der Waals surface area contributed by atoms with Gasteiger partial charge in [0.25, 0.3) is 0 Å². The van der Waals surface area contributed by atoms with Gasteiger partial charge >= 0.3 is 0 Å². The number of ether oxygens (including phenoxy) is 1. The summed E-state index contributed by atoms with van der Waals surface area (Å²) in [7, 11) is 1.69. The molecule has 4 nitrogen and oxygen atoms in total. The molecule has 5 heteroatoms. The van der Waals surface area contributed by atoms with Gasteiger partial charge in [-0.2, -0.15) is 0 Å². The Hall–Kier alpha value is -1.60. The number of phenolic OH excluding ortho intramolecular Hbond substituents is 1. The van der Waals surface area contributed by atoms with E-state index in [9.17, 15) is 5.11 Å². The lowest BCUT2D eigenvalue weighted by Crippen LogP contribution is -2.05. The van der Waals surface area contributed by atoms with Gasteiger partial charge in [-0.25, -0.2) is 4.98 Å². The minimum absolute atomic E-state index is 0.276. The van der Waals surface area contributed by atoms with Crippen LogP contribution in [0.3, 0.4) is 0 Å². The van der Waals surface area contributed by atoms with Gasteiger partial charge < -0.3 is 14.4 Å². The van der Waals surface area contributed by atoms with Gasteiger partial charge in [-0.3, -0.25) is 0 Å². The van der Waals surface area contributed by atoms with Gasteiger partial charge in [0.2, 0.25) is 0 Å². The third-order valence-corrected chi connectivity index (χ3v) is 4.29. The smallest absolute Gasteiger partial charge is 0.141 e. The first-order chi connectivity index (χ1) is 10.2. The maximum Gasteiger partial charge on any atom is 0.141 e.